The first kappa shape index (κ1) is 16.9. The van der Waals surface area contributed by atoms with Crippen molar-refractivity contribution in [3.05, 3.63) is 0 Å². The van der Waals surface area contributed by atoms with Crippen LogP contribution < -0.4 is 5.32 Å². The molecule has 1 heterocycles. The number of ether oxygens (including phenoxy) is 1. The van der Waals surface area contributed by atoms with Crippen LogP contribution in [0.1, 0.15) is 40.0 Å². The summed E-state index contributed by atoms with van der Waals surface area (Å²) in [5, 5.41) is 3.24. The number of piperidine rings is 1. The van der Waals surface area contributed by atoms with Crippen LogP contribution in [0.4, 0.5) is 0 Å². The van der Waals surface area contributed by atoms with E-state index in [0.29, 0.717) is 32.2 Å². The van der Waals surface area contributed by atoms with Gasteiger partial charge in [-0.05, 0) is 32.7 Å². The highest BCUT2D eigenvalue weighted by atomic mass is 32.2. The number of sulfonamides is 1. The fourth-order valence-corrected chi connectivity index (χ4v) is 3.82. The zero-order valence-electron chi connectivity index (χ0n) is 12.4. The molecule has 1 aliphatic rings. The quantitative estimate of drug-likeness (QED) is 0.683. The van der Waals surface area contributed by atoms with Crippen LogP contribution in [-0.2, 0) is 14.8 Å². The lowest BCUT2D eigenvalue weighted by Crippen LogP contribution is -2.42. The Morgan fingerprint density at radius 3 is 2.47 bits per heavy atom. The van der Waals surface area contributed by atoms with Crippen LogP contribution in [0.15, 0.2) is 0 Å². The van der Waals surface area contributed by atoms with Crippen molar-refractivity contribution >= 4 is 10.0 Å². The molecule has 0 spiro atoms. The van der Waals surface area contributed by atoms with Gasteiger partial charge in [0.05, 0.1) is 11.9 Å². The van der Waals surface area contributed by atoms with E-state index in [4.69, 9.17) is 4.74 Å². The highest BCUT2D eigenvalue weighted by Crippen LogP contribution is 2.17. The molecular weight excluding hydrogens is 264 g/mol. The van der Waals surface area contributed by atoms with E-state index in [1.165, 1.54) is 0 Å². The molecule has 1 N–H and O–H groups in total. The molecule has 0 unspecified atom stereocenters. The maximum Gasteiger partial charge on any atom is 0.214 e. The molecule has 0 atom stereocenters. The SMILES string of the molecule is CCOC1CCN(S(=O)(=O)CCCNC(C)C)CC1. The second-order valence-corrected chi connectivity index (χ2v) is 7.42. The highest BCUT2D eigenvalue weighted by Gasteiger charge is 2.27. The number of hydrogen-bond donors (Lipinski definition) is 1. The Morgan fingerprint density at radius 2 is 1.95 bits per heavy atom. The van der Waals surface area contributed by atoms with E-state index in [-0.39, 0.29) is 11.9 Å². The van der Waals surface area contributed by atoms with Gasteiger partial charge in [-0.15, -0.1) is 0 Å². The van der Waals surface area contributed by atoms with E-state index >= 15 is 0 Å². The lowest BCUT2D eigenvalue weighted by Gasteiger charge is -2.31. The summed E-state index contributed by atoms with van der Waals surface area (Å²) >= 11 is 0. The zero-order chi connectivity index (χ0) is 14.3. The van der Waals surface area contributed by atoms with Crippen molar-refractivity contribution in [1.29, 1.82) is 0 Å². The minimum absolute atomic E-state index is 0.235. The van der Waals surface area contributed by atoms with E-state index < -0.39 is 10.0 Å². The number of nitrogens with one attached hydrogen (secondary N) is 1. The first-order chi connectivity index (χ1) is 8.95. The van der Waals surface area contributed by atoms with Gasteiger partial charge in [0.2, 0.25) is 10.0 Å². The summed E-state index contributed by atoms with van der Waals surface area (Å²) in [5.74, 6) is 0.242. The highest BCUT2D eigenvalue weighted by molar-refractivity contribution is 7.89. The second-order valence-electron chi connectivity index (χ2n) is 5.33. The molecule has 0 aromatic heterocycles. The van der Waals surface area contributed by atoms with Gasteiger partial charge in [0.25, 0.3) is 0 Å². The van der Waals surface area contributed by atoms with Gasteiger partial charge in [-0.2, -0.15) is 0 Å². The molecule has 0 aromatic carbocycles. The van der Waals surface area contributed by atoms with Gasteiger partial charge in [-0.25, -0.2) is 12.7 Å². The van der Waals surface area contributed by atoms with Crippen molar-refractivity contribution in [2.75, 3.05) is 32.0 Å². The summed E-state index contributed by atoms with van der Waals surface area (Å²) in [4.78, 5) is 0. The topological polar surface area (TPSA) is 58.6 Å². The zero-order valence-corrected chi connectivity index (χ0v) is 13.2. The molecule has 114 valence electrons. The second kappa shape index (κ2) is 8.19. The Bertz CT molecular complexity index is 336. The van der Waals surface area contributed by atoms with E-state index in [9.17, 15) is 8.42 Å². The lowest BCUT2D eigenvalue weighted by atomic mass is 10.1. The van der Waals surface area contributed by atoms with Crippen LogP contribution >= 0.6 is 0 Å². The molecule has 6 heteroatoms. The Hall–Kier alpha value is -0.170. The van der Waals surface area contributed by atoms with Crippen LogP contribution in [0.25, 0.3) is 0 Å². The fraction of sp³-hybridized carbons (Fsp3) is 1.00. The third-order valence-electron chi connectivity index (χ3n) is 3.33. The van der Waals surface area contributed by atoms with Gasteiger partial charge in [0.15, 0.2) is 0 Å². The number of rotatable bonds is 8. The minimum atomic E-state index is -3.08. The van der Waals surface area contributed by atoms with Gasteiger partial charge in [-0.1, -0.05) is 13.8 Å². The standard InChI is InChI=1S/C13H28N2O3S/c1-4-18-13-6-9-15(10-7-13)19(16,17)11-5-8-14-12(2)3/h12-14H,4-11H2,1-3H3. The van der Waals surface area contributed by atoms with Gasteiger partial charge >= 0.3 is 0 Å². The molecule has 0 aromatic rings. The normalized spacial score (nSPS) is 19.2. The summed E-state index contributed by atoms with van der Waals surface area (Å²) < 4.78 is 31.5. The van der Waals surface area contributed by atoms with E-state index in [0.717, 1.165) is 19.4 Å². The van der Waals surface area contributed by atoms with E-state index in [1.807, 2.05) is 6.92 Å². The van der Waals surface area contributed by atoms with Crippen molar-refractivity contribution in [3.63, 3.8) is 0 Å². The van der Waals surface area contributed by atoms with Crippen molar-refractivity contribution in [2.24, 2.45) is 0 Å². The van der Waals surface area contributed by atoms with Crippen LogP contribution in [0.5, 0.6) is 0 Å². The molecule has 1 saturated heterocycles. The first-order valence-corrected chi connectivity index (χ1v) is 8.89. The maximum atomic E-state index is 12.2. The molecule has 0 saturated carbocycles. The molecule has 1 fully saturated rings. The van der Waals surface area contributed by atoms with E-state index in [1.54, 1.807) is 4.31 Å². The Morgan fingerprint density at radius 1 is 1.32 bits per heavy atom. The first-order valence-electron chi connectivity index (χ1n) is 7.28. The molecule has 5 nitrogen and oxygen atoms in total. The van der Waals surface area contributed by atoms with Gasteiger partial charge in [0, 0.05) is 25.7 Å². The summed E-state index contributed by atoms with van der Waals surface area (Å²) in [6.45, 7) is 8.77. The molecule has 1 aliphatic heterocycles. The monoisotopic (exact) mass is 292 g/mol. The Kier molecular flexibility index (Phi) is 7.28. The molecule has 0 bridgehead atoms. The Labute approximate surface area is 117 Å². The molecule has 19 heavy (non-hydrogen) atoms. The van der Waals surface area contributed by atoms with Crippen LogP contribution in [0.3, 0.4) is 0 Å². The van der Waals surface area contributed by atoms with Crippen LogP contribution in [0.2, 0.25) is 0 Å². The van der Waals surface area contributed by atoms with Crippen molar-refractivity contribution in [3.8, 4) is 0 Å². The Balaban J connectivity index is 2.30. The van der Waals surface area contributed by atoms with Gasteiger partial charge < -0.3 is 10.1 Å². The van der Waals surface area contributed by atoms with Crippen molar-refractivity contribution in [2.45, 2.75) is 52.2 Å². The van der Waals surface area contributed by atoms with Gasteiger partial charge in [-0.3, -0.25) is 0 Å². The largest absolute Gasteiger partial charge is 0.378 e. The van der Waals surface area contributed by atoms with Crippen LogP contribution in [-0.4, -0.2) is 56.9 Å². The predicted molar refractivity (Wildman–Crippen MR) is 77.8 cm³/mol. The third-order valence-corrected chi connectivity index (χ3v) is 5.28. The maximum absolute atomic E-state index is 12.2. The molecular formula is C13H28N2O3S. The van der Waals surface area contributed by atoms with Crippen molar-refractivity contribution < 1.29 is 13.2 Å². The molecule has 0 radical (unpaired) electrons. The van der Waals surface area contributed by atoms with Gasteiger partial charge in [0.1, 0.15) is 0 Å². The summed E-state index contributed by atoms with van der Waals surface area (Å²) in [7, 11) is -3.08. The molecule has 1 rings (SSSR count). The smallest absolute Gasteiger partial charge is 0.214 e. The number of hydrogen-bond acceptors (Lipinski definition) is 4. The van der Waals surface area contributed by atoms with E-state index in [2.05, 4.69) is 19.2 Å². The summed E-state index contributed by atoms with van der Waals surface area (Å²) in [5.41, 5.74) is 0. The summed E-state index contributed by atoms with van der Waals surface area (Å²) in [6, 6.07) is 0.407. The van der Waals surface area contributed by atoms with Crippen LogP contribution in [0, 0.1) is 0 Å². The fourth-order valence-electron chi connectivity index (χ4n) is 2.29. The average Bonchev–Trinajstić information content (AvgIpc) is 2.36. The predicted octanol–water partition coefficient (Wildman–Crippen LogP) is 1.21. The minimum Gasteiger partial charge on any atom is -0.378 e. The molecule has 0 aliphatic carbocycles. The average molecular weight is 292 g/mol. The van der Waals surface area contributed by atoms with Crippen molar-refractivity contribution in [1.82, 2.24) is 9.62 Å². The third kappa shape index (κ3) is 6.21. The number of nitrogens with zero attached hydrogens (tertiary/aromatic N) is 1. The lowest BCUT2D eigenvalue weighted by molar-refractivity contribution is 0.0290. The summed E-state index contributed by atoms with van der Waals surface area (Å²) in [6.07, 6.45) is 2.54. The molecule has 0 amide bonds.